The molecule has 8 heteroatoms. The fourth-order valence-corrected chi connectivity index (χ4v) is 2.51. The van der Waals surface area contributed by atoms with Crippen LogP contribution in [-0.4, -0.2) is 41.5 Å². The minimum Gasteiger partial charge on any atom is -0.381 e. The van der Waals surface area contributed by atoms with Crippen LogP contribution in [0.5, 0.6) is 0 Å². The Morgan fingerprint density at radius 3 is 2.73 bits per heavy atom. The third kappa shape index (κ3) is 3.56. The molecule has 1 fully saturated rings. The molecule has 122 valence electrons. The van der Waals surface area contributed by atoms with Crippen LogP contribution in [0.15, 0.2) is 12.3 Å². The molecule has 1 saturated heterocycles. The van der Waals surface area contributed by atoms with Crippen LogP contribution in [0.4, 0.5) is 10.6 Å². The van der Waals surface area contributed by atoms with Gasteiger partial charge in [0.25, 0.3) is 0 Å². The summed E-state index contributed by atoms with van der Waals surface area (Å²) in [4.78, 5) is 23.8. The van der Waals surface area contributed by atoms with Gasteiger partial charge in [-0.25, -0.2) is 9.48 Å². The Bertz CT molecular complexity index is 534. The van der Waals surface area contributed by atoms with E-state index >= 15 is 0 Å². The molecule has 0 aromatic carbocycles. The monoisotopic (exact) mass is 309 g/mol. The molecule has 2 rings (SSSR count). The molecule has 1 aromatic heterocycles. The van der Waals surface area contributed by atoms with Gasteiger partial charge < -0.3 is 15.8 Å². The van der Waals surface area contributed by atoms with Crippen molar-refractivity contribution in [2.45, 2.75) is 32.7 Å². The Morgan fingerprint density at radius 2 is 2.14 bits per heavy atom. The molecule has 2 heterocycles. The fourth-order valence-electron chi connectivity index (χ4n) is 2.51. The van der Waals surface area contributed by atoms with E-state index < -0.39 is 11.3 Å². The quantitative estimate of drug-likeness (QED) is 0.749. The van der Waals surface area contributed by atoms with Gasteiger partial charge in [-0.05, 0) is 26.7 Å². The first-order valence-corrected chi connectivity index (χ1v) is 7.41. The van der Waals surface area contributed by atoms with E-state index in [0.29, 0.717) is 31.9 Å². The minimum absolute atomic E-state index is 0.137. The van der Waals surface area contributed by atoms with Crippen molar-refractivity contribution < 1.29 is 14.3 Å². The predicted molar refractivity (Wildman–Crippen MR) is 81.3 cm³/mol. The van der Waals surface area contributed by atoms with E-state index in [9.17, 15) is 9.59 Å². The fraction of sp³-hybridized carbons (Fsp3) is 0.643. The Labute approximate surface area is 129 Å². The molecule has 1 aliphatic heterocycles. The highest BCUT2D eigenvalue weighted by molar-refractivity contribution is 5.89. The van der Waals surface area contributed by atoms with Crippen molar-refractivity contribution in [3.8, 4) is 0 Å². The number of ether oxygens (including phenoxy) is 1. The normalized spacial score (nSPS) is 17.2. The number of nitrogens with zero attached hydrogens (tertiary/aromatic N) is 2. The van der Waals surface area contributed by atoms with Crippen LogP contribution in [-0.2, 0) is 9.53 Å². The molecule has 0 radical (unpaired) electrons. The third-order valence-corrected chi connectivity index (χ3v) is 3.96. The Kier molecular flexibility index (Phi) is 5.02. The van der Waals surface area contributed by atoms with E-state index in [2.05, 4.69) is 15.7 Å². The SMILES string of the molecule is CC(C)n1nccc1NC(=O)NCC1(C(N)=O)CCOCC1. The van der Waals surface area contributed by atoms with Gasteiger partial charge >= 0.3 is 6.03 Å². The van der Waals surface area contributed by atoms with E-state index in [1.54, 1.807) is 16.9 Å². The molecule has 0 spiro atoms. The zero-order valence-electron chi connectivity index (χ0n) is 13.0. The summed E-state index contributed by atoms with van der Waals surface area (Å²) in [6.45, 7) is 5.10. The van der Waals surface area contributed by atoms with Crippen LogP contribution in [0.3, 0.4) is 0 Å². The largest absolute Gasteiger partial charge is 0.381 e. The lowest BCUT2D eigenvalue weighted by atomic mass is 9.79. The predicted octanol–water partition coefficient (Wildman–Crippen LogP) is 0.868. The summed E-state index contributed by atoms with van der Waals surface area (Å²) in [5, 5.41) is 9.61. The number of carbonyl (C=O) groups excluding carboxylic acids is 2. The highest BCUT2D eigenvalue weighted by Crippen LogP contribution is 2.29. The number of amides is 3. The Hall–Kier alpha value is -2.09. The number of anilines is 1. The topological polar surface area (TPSA) is 111 Å². The number of hydrogen-bond donors (Lipinski definition) is 3. The van der Waals surface area contributed by atoms with E-state index in [4.69, 9.17) is 10.5 Å². The summed E-state index contributed by atoms with van der Waals surface area (Å²) < 4.78 is 6.97. The van der Waals surface area contributed by atoms with Gasteiger partial charge in [-0.1, -0.05) is 0 Å². The van der Waals surface area contributed by atoms with Gasteiger partial charge in [-0.2, -0.15) is 5.10 Å². The number of nitrogens with one attached hydrogen (secondary N) is 2. The number of hydrogen-bond acceptors (Lipinski definition) is 4. The molecule has 0 saturated carbocycles. The van der Waals surface area contributed by atoms with Crippen molar-refractivity contribution in [1.82, 2.24) is 15.1 Å². The summed E-state index contributed by atoms with van der Waals surface area (Å²) in [5.41, 5.74) is 4.78. The van der Waals surface area contributed by atoms with Crippen LogP contribution in [0.25, 0.3) is 0 Å². The molecule has 4 N–H and O–H groups in total. The van der Waals surface area contributed by atoms with Crippen molar-refractivity contribution in [3.05, 3.63) is 12.3 Å². The van der Waals surface area contributed by atoms with Gasteiger partial charge in [0, 0.05) is 31.9 Å². The standard InChI is InChI=1S/C14H23N5O3/c1-10(2)19-11(3-6-17-19)18-13(21)16-9-14(12(15)20)4-7-22-8-5-14/h3,6,10H,4-5,7-9H2,1-2H3,(H2,15,20)(H2,16,18,21). The highest BCUT2D eigenvalue weighted by atomic mass is 16.5. The molecule has 3 amide bonds. The average molecular weight is 309 g/mol. The lowest BCUT2D eigenvalue weighted by molar-refractivity contribution is -0.132. The average Bonchev–Trinajstić information content (AvgIpc) is 2.94. The molecule has 0 bridgehead atoms. The van der Waals surface area contributed by atoms with Crippen molar-refractivity contribution in [2.24, 2.45) is 11.1 Å². The minimum atomic E-state index is -0.728. The number of primary amides is 1. The number of urea groups is 1. The van der Waals surface area contributed by atoms with Gasteiger partial charge in [0.05, 0.1) is 11.6 Å². The molecule has 0 atom stereocenters. The maximum atomic E-state index is 12.0. The van der Waals surface area contributed by atoms with Crippen LogP contribution < -0.4 is 16.4 Å². The molecular formula is C14H23N5O3. The van der Waals surface area contributed by atoms with Crippen molar-refractivity contribution >= 4 is 17.8 Å². The smallest absolute Gasteiger partial charge is 0.320 e. The third-order valence-electron chi connectivity index (χ3n) is 3.96. The first-order chi connectivity index (χ1) is 10.4. The maximum absolute atomic E-state index is 12.0. The van der Waals surface area contributed by atoms with E-state index in [-0.39, 0.29) is 18.6 Å². The maximum Gasteiger partial charge on any atom is 0.320 e. The zero-order chi connectivity index (χ0) is 16.2. The number of aromatic nitrogens is 2. The second-order valence-corrected chi connectivity index (χ2v) is 5.82. The highest BCUT2D eigenvalue weighted by Gasteiger charge is 2.38. The van der Waals surface area contributed by atoms with Gasteiger partial charge in [0.15, 0.2) is 0 Å². The number of rotatable bonds is 5. The zero-order valence-corrected chi connectivity index (χ0v) is 13.0. The van der Waals surface area contributed by atoms with Gasteiger partial charge in [0.1, 0.15) is 5.82 Å². The summed E-state index contributed by atoms with van der Waals surface area (Å²) in [7, 11) is 0. The Morgan fingerprint density at radius 1 is 1.45 bits per heavy atom. The number of carbonyl (C=O) groups is 2. The van der Waals surface area contributed by atoms with Gasteiger partial charge in [0.2, 0.25) is 5.91 Å². The van der Waals surface area contributed by atoms with E-state index in [0.717, 1.165) is 0 Å². The molecular weight excluding hydrogens is 286 g/mol. The van der Waals surface area contributed by atoms with Crippen LogP contribution in [0, 0.1) is 5.41 Å². The van der Waals surface area contributed by atoms with Crippen LogP contribution in [0.1, 0.15) is 32.7 Å². The van der Waals surface area contributed by atoms with Crippen molar-refractivity contribution in [3.63, 3.8) is 0 Å². The summed E-state index contributed by atoms with van der Waals surface area (Å²) in [6, 6.07) is 1.48. The second kappa shape index (κ2) is 6.78. The second-order valence-electron chi connectivity index (χ2n) is 5.82. The summed E-state index contributed by atoms with van der Waals surface area (Å²) in [5.74, 6) is 0.205. The molecule has 1 aliphatic rings. The lowest BCUT2D eigenvalue weighted by Crippen LogP contribution is -2.50. The molecule has 8 nitrogen and oxygen atoms in total. The molecule has 0 unspecified atom stereocenters. The first-order valence-electron chi connectivity index (χ1n) is 7.41. The molecule has 1 aromatic rings. The lowest BCUT2D eigenvalue weighted by Gasteiger charge is -2.34. The van der Waals surface area contributed by atoms with Crippen molar-refractivity contribution in [2.75, 3.05) is 25.1 Å². The molecule has 22 heavy (non-hydrogen) atoms. The van der Waals surface area contributed by atoms with E-state index in [1.807, 2.05) is 13.8 Å². The van der Waals surface area contributed by atoms with Gasteiger partial charge in [-0.3, -0.25) is 10.1 Å². The van der Waals surface area contributed by atoms with Crippen LogP contribution in [0.2, 0.25) is 0 Å². The van der Waals surface area contributed by atoms with Crippen LogP contribution >= 0.6 is 0 Å². The van der Waals surface area contributed by atoms with E-state index in [1.165, 1.54) is 0 Å². The summed E-state index contributed by atoms with van der Waals surface area (Å²) >= 11 is 0. The Balaban J connectivity index is 1.94. The van der Waals surface area contributed by atoms with Gasteiger partial charge in [-0.15, -0.1) is 0 Å². The molecule has 0 aliphatic carbocycles. The number of nitrogens with two attached hydrogens (primary N) is 1. The first kappa shape index (κ1) is 16.3. The summed E-state index contributed by atoms with van der Waals surface area (Å²) in [6.07, 6.45) is 2.66. The van der Waals surface area contributed by atoms with Crippen molar-refractivity contribution in [1.29, 1.82) is 0 Å².